The van der Waals surface area contributed by atoms with E-state index in [1.54, 1.807) is 24.3 Å². The fraction of sp³-hybridized carbons (Fsp3) is 0.0435. The van der Waals surface area contributed by atoms with E-state index in [0.717, 1.165) is 10.0 Å². The van der Waals surface area contributed by atoms with Crippen molar-refractivity contribution in [3.05, 3.63) is 92.7 Å². The molecule has 0 amide bonds. The highest BCUT2D eigenvalue weighted by molar-refractivity contribution is 9.10. The van der Waals surface area contributed by atoms with E-state index in [1.165, 1.54) is 24.5 Å². The summed E-state index contributed by atoms with van der Waals surface area (Å²) >= 11 is 15.2. The topological polar surface area (TPSA) is 65.7 Å². The third-order valence-electron chi connectivity index (χ3n) is 4.34. The zero-order valence-electron chi connectivity index (χ0n) is 15.7. The normalized spacial score (nSPS) is 11.8. The van der Waals surface area contributed by atoms with Gasteiger partial charge in [0.05, 0.1) is 10.9 Å². The zero-order valence-corrected chi connectivity index (χ0v) is 18.8. The Balaban J connectivity index is 1.54. The van der Waals surface area contributed by atoms with Crippen LogP contribution in [0.2, 0.25) is 5.02 Å². The molecule has 0 bridgehead atoms. The second kappa shape index (κ2) is 9.14. The monoisotopic (exact) mass is 518 g/mol. The van der Waals surface area contributed by atoms with E-state index in [1.807, 2.05) is 24.3 Å². The smallest absolute Gasteiger partial charge is 0.368 e. The summed E-state index contributed by atoms with van der Waals surface area (Å²) in [6, 6.07) is 18.2. The molecule has 4 rings (SSSR count). The molecule has 156 valence electrons. The summed E-state index contributed by atoms with van der Waals surface area (Å²) in [6.45, 7) is 0. The predicted octanol–water partition coefficient (Wildman–Crippen LogP) is 6.43. The summed E-state index contributed by atoms with van der Waals surface area (Å²) in [5, 5.41) is 0.888. The maximum atomic E-state index is 12.9. The molecule has 8 heteroatoms. The Morgan fingerprint density at radius 3 is 2.48 bits per heavy atom. The van der Waals surface area contributed by atoms with E-state index in [0.29, 0.717) is 21.7 Å². The predicted molar refractivity (Wildman–Crippen MR) is 123 cm³/mol. The van der Waals surface area contributed by atoms with E-state index < -0.39 is 11.5 Å². The van der Waals surface area contributed by atoms with Gasteiger partial charge < -0.3 is 13.9 Å². The largest absolute Gasteiger partial charge is 0.463 e. The van der Waals surface area contributed by atoms with Crippen LogP contribution in [0.5, 0.6) is 11.5 Å². The maximum Gasteiger partial charge on any atom is 0.368 e. The number of halogens is 3. The highest BCUT2D eigenvalue weighted by atomic mass is 79.9. The van der Waals surface area contributed by atoms with Crippen LogP contribution in [0.1, 0.15) is 0 Å². The average molecular weight is 520 g/mol. The van der Waals surface area contributed by atoms with Crippen LogP contribution in [-0.2, 0) is 4.79 Å². The average Bonchev–Trinajstić information content (AvgIpc) is 2.75. The number of esters is 1. The summed E-state index contributed by atoms with van der Waals surface area (Å²) in [5.41, 5.74) is -0.138. The number of alkyl halides is 1. The molecule has 0 saturated heterocycles. The lowest BCUT2D eigenvalue weighted by Gasteiger charge is -2.12. The first-order valence-electron chi connectivity index (χ1n) is 9.00. The molecule has 1 aromatic heterocycles. The molecule has 1 atom stereocenters. The summed E-state index contributed by atoms with van der Waals surface area (Å²) in [6.07, 6.45) is 1.38. The molecule has 0 radical (unpaired) electrons. The fourth-order valence-electron chi connectivity index (χ4n) is 2.87. The highest BCUT2D eigenvalue weighted by Gasteiger charge is 2.20. The van der Waals surface area contributed by atoms with Crippen LogP contribution >= 0.6 is 39.1 Å². The number of benzene rings is 3. The molecular weight excluding hydrogens is 507 g/mol. The van der Waals surface area contributed by atoms with Crippen molar-refractivity contribution < 1.29 is 18.7 Å². The molecule has 1 heterocycles. The molecule has 1 unspecified atom stereocenters. The molecule has 0 aliphatic rings. The second-order valence-corrected chi connectivity index (χ2v) is 8.20. The van der Waals surface area contributed by atoms with Crippen LogP contribution in [0.25, 0.3) is 22.1 Å². The van der Waals surface area contributed by atoms with Crippen LogP contribution in [0.15, 0.2) is 86.7 Å². The Hall–Kier alpha value is -2.80. The molecule has 3 aromatic carbocycles. The quantitative estimate of drug-likeness (QED) is 0.173. The molecular formula is C23H13BrCl2O5. The number of hydrogen-bond donors (Lipinski definition) is 0. The Kier molecular flexibility index (Phi) is 6.32. The van der Waals surface area contributed by atoms with E-state index >= 15 is 0 Å². The molecule has 4 aromatic rings. The molecule has 31 heavy (non-hydrogen) atoms. The van der Waals surface area contributed by atoms with E-state index in [2.05, 4.69) is 15.9 Å². The van der Waals surface area contributed by atoms with Crippen molar-refractivity contribution in [1.82, 2.24) is 0 Å². The van der Waals surface area contributed by atoms with Gasteiger partial charge in [-0.2, -0.15) is 0 Å². The third kappa shape index (κ3) is 4.93. The fourth-order valence-corrected chi connectivity index (χ4v) is 3.54. The van der Waals surface area contributed by atoms with Crippen LogP contribution in [0.3, 0.4) is 0 Å². The summed E-state index contributed by atoms with van der Waals surface area (Å²) < 4.78 is 17.1. The minimum absolute atomic E-state index is 0.168. The summed E-state index contributed by atoms with van der Waals surface area (Å²) in [5.74, 6) is -0.281. The zero-order chi connectivity index (χ0) is 22.0. The van der Waals surface area contributed by atoms with E-state index in [9.17, 15) is 9.59 Å². The summed E-state index contributed by atoms with van der Waals surface area (Å²) in [7, 11) is 0. The van der Waals surface area contributed by atoms with Gasteiger partial charge in [-0.3, -0.25) is 4.79 Å². The lowest BCUT2D eigenvalue weighted by atomic mass is 10.1. The molecule has 0 N–H and O–H groups in total. The molecule has 0 saturated carbocycles. The van der Waals surface area contributed by atoms with Gasteiger partial charge in [-0.25, -0.2) is 4.79 Å². The van der Waals surface area contributed by atoms with Gasteiger partial charge in [0.15, 0.2) is 5.43 Å². The number of ether oxygens (including phenoxy) is 2. The molecule has 0 aliphatic carbocycles. The molecule has 0 aliphatic heterocycles. The van der Waals surface area contributed by atoms with Crippen molar-refractivity contribution in [2.24, 2.45) is 0 Å². The van der Waals surface area contributed by atoms with Gasteiger partial charge in [-0.1, -0.05) is 51.3 Å². The summed E-state index contributed by atoms with van der Waals surface area (Å²) in [4.78, 5) is 25.1. The van der Waals surface area contributed by atoms with Crippen molar-refractivity contribution >= 4 is 56.1 Å². The van der Waals surface area contributed by atoms with Crippen LogP contribution in [0, 0.1) is 0 Å². The molecule has 5 nitrogen and oxygen atoms in total. The number of hydrogen-bond acceptors (Lipinski definition) is 5. The number of fused-ring (bicyclic) bond motifs is 1. The van der Waals surface area contributed by atoms with Gasteiger partial charge in [0.1, 0.15) is 23.3 Å². The van der Waals surface area contributed by atoms with Crippen molar-refractivity contribution in [1.29, 1.82) is 0 Å². The SMILES string of the molecule is O=C(Oc1ccc2c(=O)c(-c3cccc(Br)c3)coc2c1)C(Cl)Oc1ccc(Cl)cc1. The Morgan fingerprint density at radius 1 is 1.00 bits per heavy atom. The van der Waals surface area contributed by atoms with Gasteiger partial charge in [0, 0.05) is 15.6 Å². The van der Waals surface area contributed by atoms with E-state index in [4.69, 9.17) is 37.1 Å². The van der Waals surface area contributed by atoms with Gasteiger partial charge in [0.25, 0.3) is 5.56 Å². The van der Waals surface area contributed by atoms with Crippen molar-refractivity contribution in [3.63, 3.8) is 0 Å². The number of carbonyl (C=O) groups is 1. The lowest BCUT2D eigenvalue weighted by Crippen LogP contribution is -2.26. The highest BCUT2D eigenvalue weighted by Crippen LogP contribution is 2.25. The van der Waals surface area contributed by atoms with Crippen molar-refractivity contribution in [3.8, 4) is 22.6 Å². The number of carbonyl (C=O) groups excluding carboxylic acids is 1. The molecule has 0 fully saturated rings. The van der Waals surface area contributed by atoms with Crippen molar-refractivity contribution in [2.75, 3.05) is 0 Å². The van der Waals surface area contributed by atoms with Gasteiger partial charge in [-0.05, 0) is 54.1 Å². The van der Waals surface area contributed by atoms with Gasteiger partial charge in [0.2, 0.25) is 0 Å². The van der Waals surface area contributed by atoms with E-state index in [-0.39, 0.29) is 16.8 Å². The Morgan fingerprint density at radius 2 is 1.74 bits per heavy atom. The minimum atomic E-state index is -1.37. The van der Waals surface area contributed by atoms with Crippen LogP contribution in [0.4, 0.5) is 0 Å². The van der Waals surface area contributed by atoms with Crippen LogP contribution < -0.4 is 14.9 Å². The first-order valence-corrected chi connectivity index (χ1v) is 10.6. The maximum absolute atomic E-state index is 12.9. The van der Waals surface area contributed by atoms with Crippen LogP contribution in [-0.4, -0.2) is 11.5 Å². The number of rotatable bonds is 5. The second-order valence-electron chi connectivity index (χ2n) is 6.46. The molecule has 0 spiro atoms. The third-order valence-corrected chi connectivity index (χ3v) is 5.35. The van der Waals surface area contributed by atoms with Crippen molar-refractivity contribution in [2.45, 2.75) is 5.56 Å². The first-order chi connectivity index (χ1) is 14.9. The lowest BCUT2D eigenvalue weighted by molar-refractivity contribution is -0.138. The minimum Gasteiger partial charge on any atom is -0.463 e. The van der Waals surface area contributed by atoms with Gasteiger partial charge >= 0.3 is 5.97 Å². The Bertz CT molecular complexity index is 1320. The first kappa shape index (κ1) is 21.4. The Labute approximate surface area is 195 Å². The van der Waals surface area contributed by atoms with Gasteiger partial charge in [-0.15, -0.1) is 0 Å². The standard InChI is InChI=1S/C23H13BrCl2O5/c24-14-3-1-2-13(10-14)19-12-29-20-11-17(8-9-18(20)21(19)27)31-23(28)22(26)30-16-6-4-15(25)5-7-16/h1-12,22H.